The van der Waals surface area contributed by atoms with Crippen LogP contribution < -0.4 is 5.73 Å². The number of nitrogens with zero attached hydrogens (tertiary/aromatic N) is 1. The van der Waals surface area contributed by atoms with Crippen LogP contribution in [0.4, 0.5) is 0 Å². The van der Waals surface area contributed by atoms with Gasteiger partial charge in [-0.1, -0.05) is 0 Å². The molecule has 15 heavy (non-hydrogen) atoms. The van der Waals surface area contributed by atoms with Crippen LogP contribution in [-0.2, 0) is 11.8 Å². The van der Waals surface area contributed by atoms with Gasteiger partial charge in [-0.05, 0) is 18.6 Å². The predicted octanol–water partition coefficient (Wildman–Crippen LogP) is 0.112. The number of hydrogen-bond acceptors (Lipinski definition) is 4. The molecule has 0 radical (unpaired) electrons. The molecule has 5 heteroatoms. The first-order valence-electron chi connectivity index (χ1n) is 4.63. The fourth-order valence-electron chi connectivity index (χ4n) is 1.70. The van der Waals surface area contributed by atoms with Gasteiger partial charge < -0.3 is 20.1 Å². The second-order valence-electron chi connectivity index (χ2n) is 3.44. The Hall–Kier alpha value is -1.33. The third-order valence-corrected chi connectivity index (χ3v) is 2.42. The van der Waals surface area contributed by atoms with Crippen molar-refractivity contribution in [2.45, 2.75) is 13.0 Å². The Morgan fingerprint density at radius 2 is 2.33 bits per heavy atom. The smallest absolute Gasteiger partial charge is 0.354 e. The first kappa shape index (κ1) is 11.7. The normalized spacial score (nSPS) is 12.6. The summed E-state index contributed by atoms with van der Waals surface area (Å²) in [7, 11) is 3.06. The summed E-state index contributed by atoms with van der Waals surface area (Å²) in [6.45, 7) is 1.69. The number of carbonyl (C=O) groups excluding carboxylic acids is 1. The van der Waals surface area contributed by atoms with E-state index in [4.69, 9.17) is 10.8 Å². The lowest BCUT2D eigenvalue weighted by Crippen LogP contribution is -2.20. The minimum Gasteiger partial charge on any atom is -0.464 e. The van der Waals surface area contributed by atoms with E-state index in [-0.39, 0.29) is 6.61 Å². The van der Waals surface area contributed by atoms with Gasteiger partial charge in [0.2, 0.25) is 0 Å². The van der Waals surface area contributed by atoms with Gasteiger partial charge in [0.05, 0.1) is 19.8 Å². The van der Waals surface area contributed by atoms with E-state index in [1.807, 2.05) is 6.92 Å². The van der Waals surface area contributed by atoms with Crippen LogP contribution in [0.1, 0.15) is 27.8 Å². The molecular formula is C10H16N2O3. The number of carbonyl (C=O) groups is 1. The summed E-state index contributed by atoms with van der Waals surface area (Å²) in [6, 6.07) is 1.23. The van der Waals surface area contributed by atoms with E-state index in [9.17, 15) is 4.79 Å². The van der Waals surface area contributed by atoms with E-state index in [1.54, 1.807) is 17.7 Å². The second-order valence-corrected chi connectivity index (χ2v) is 3.44. The van der Waals surface area contributed by atoms with Crippen LogP contribution in [0.2, 0.25) is 0 Å². The van der Waals surface area contributed by atoms with E-state index in [0.717, 1.165) is 11.3 Å². The molecule has 0 saturated heterocycles. The number of aliphatic hydroxyl groups excluding tert-OH is 1. The van der Waals surface area contributed by atoms with Crippen molar-refractivity contribution in [1.29, 1.82) is 0 Å². The van der Waals surface area contributed by atoms with Crippen LogP contribution in [0, 0.1) is 6.92 Å². The molecular weight excluding hydrogens is 196 g/mol. The van der Waals surface area contributed by atoms with Gasteiger partial charge in [0.25, 0.3) is 0 Å². The maximum absolute atomic E-state index is 11.4. The van der Waals surface area contributed by atoms with Crippen molar-refractivity contribution in [3.05, 3.63) is 23.0 Å². The SMILES string of the molecule is COC(=O)c1cc(C)c(C(N)CO)n1C. The Kier molecular flexibility index (Phi) is 3.49. The van der Waals surface area contributed by atoms with E-state index in [1.165, 1.54) is 7.11 Å². The molecule has 1 unspecified atom stereocenters. The van der Waals surface area contributed by atoms with Crippen molar-refractivity contribution in [1.82, 2.24) is 4.57 Å². The fraction of sp³-hybridized carbons (Fsp3) is 0.500. The Labute approximate surface area is 88.4 Å². The lowest BCUT2D eigenvalue weighted by Gasteiger charge is -2.12. The molecule has 0 aromatic carbocycles. The van der Waals surface area contributed by atoms with Gasteiger partial charge in [-0.25, -0.2) is 4.79 Å². The second kappa shape index (κ2) is 4.46. The Morgan fingerprint density at radius 1 is 1.73 bits per heavy atom. The third kappa shape index (κ3) is 2.03. The number of nitrogens with two attached hydrogens (primary N) is 1. The van der Waals surface area contributed by atoms with Gasteiger partial charge >= 0.3 is 5.97 Å². The van der Waals surface area contributed by atoms with Crippen LogP contribution in [0.5, 0.6) is 0 Å². The Morgan fingerprint density at radius 3 is 2.80 bits per heavy atom. The van der Waals surface area contributed by atoms with Crippen molar-refractivity contribution < 1.29 is 14.6 Å². The lowest BCUT2D eigenvalue weighted by atomic mass is 10.1. The van der Waals surface area contributed by atoms with Crippen LogP contribution >= 0.6 is 0 Å². The van der Waals surface area contributed by atoms with E-state index in [0.29, 0.717) is 5.69 Å². The molecule has 0 bridgehead atoms. The zero-order valence-electron chi connectivity index (χ0n) is 9.15. The Bertz CT molecular complexity index is 371. The van der Waals surface area contributed by atoms with E-state index < -0.39 is 12.0 Å². The van der Waals surface area contributed by atoms with Crippen LogP contribution in [0.25, 0.3) is 0 Å². The molecule has 1 heterocycles. The van der Waals surface area contributed by atoms with Crippen LogP contribution in [-0.4, -0.2) is 29.4 Å². The zero-order chi connectivity index (χ0) is 11.6. The highest BCUT2D eigenvalue weighted by Gasteiger charge is 2.19. The highest BCUT2D eigenvalue weighted by molar-refractivity contribution is 5.88. The summed E-state index contributed by atoms with van der Waals surface area (Å²) in [5.41, 5.74) is 7.79. The molecule has 0 saturated carbocycles. The molecule has 0 amide bonds. The topological polar surface area (TPSA) is 77.5 Å². The maximum Gasteiger partial charge on any atom is 0.354 e. The number of esters is 1. The number of aryl methyl sites for hydroxylation is 1. The van der Waals surface area contributed by atoms with Gasteiger partial charge in [-0.3, -0.25) is 0 Å². The summed E-state index contributed by atoms with van der Waals surface area (Å²) < 4.78 is 6.29. The molecule has 84 valence electrons. The van der Waals surface area contributed by atoms with Crippen molar-refractivity contribution in [3.8, 4) is 0 Å². The molecule has 0 spiro atoms. The molecule has 0 aliphatic heterocycles. The summed E-state index contributed by atoms with van der Waals surface area (Å²) >= 11 is 0. The van der Waals surface area contributed by atoms with Gasteiger partial charge in [0.1, 0.15) is 5.69 Å². The quantitative estimate of drug-likeness (QED) is 0.697. The number of rotatable bonds is 3. The molecule has 1 aromatic heterocycles. The molecule has 5 nitrogen and oxygen atoms in total. The predicted molar refractivity (Wildman–Crippen MR) is 55.5 cm³/mol. The number of methoxy groups -OCH3 is 1. The summed E-state index contributed by atoms with van der Waals surface area (Å²) in [4.78, 5) is 11.4. The molecule has 1 aromatic rings. The van der Waals surface area contributed by atoms with Crippen molar-refractivity contribution in [2.75, 3.05) is 13.7 Å². The standard InChI is InChI=1S/C10H16N2O3/c1-6-4-8(10(14)15-3)12(2)9(6)7(11)5-13/h4,7,13H,5,11H2,1-3H3. The van der Waals surface area contributed by atoms with Crippen LogP contribution in [0.3, 0.4) is 0 Å². The number of hydrogen-bond donors (Lipinski definition) is 2. The Balaban J connectivity index is 3.20. The fourth-order valence-corrected chi connectivity index (χ4v) is 1.70. The molecule has 0 fully saturated rings. The van der Waals surface area contributed by atoms with E-state index >= 15 is 0 Å². The molecule has 1 rings (SSSR count). The number of aromatic nitrogens is 1. The number of aliphatic hydroxyl groups is 1. The third-order valence-electron chi connectivity index (χ3n) is 2.42. The van der Waals surface area contributed by atoms with Gasteiger partial charge in [0, 0.05) is 12.7 Å². The highest BCUT2D eigenvalue weighted by Crippen LogP contribution is 2.19. The minimum absolute atomic E-state index is 0.153. The van der Waals surface area contributed by atoms with Gasteiger partial charge in [0.15, 0.2) is 0 Å². The van der Waals surface area contributed by atoms with Crippen molar-refractivity contribution in [2.24, 2.45) is 12.8 Å². The van der Waals surface area contributed by atoms with Crippen molar-refractivity contribution >= 4 is 5.97 Å². The lowest BCUT2D eigenvalue weighted by molar-refractivity contribution is 0.0589. The maximum atomic E-state index is 11.4. The molecule has 1 atom stereocenters. The summed E-state index contributed by atoms with van der Waals surface area (Å²) in [6.07, 6.45) is 0. The first-order chi connectivity index (χ1) is 7.02. The largest absolute Gasteiger partial charge is 0.464 e. The van der Waals surface area contributed by atoms with Gasteiger partial charge in [-0.2, -0.15) is 0 Å². The van der Waals surface area contributed by atoms with Gasteiger partial charge in [-0.15, -0.1) is 0 Å². The summed E-state index contributed by atoms with van der Waals surface area (Å²) in [5.74, 6) is -0.406. The molecule has 0 aliphatic rings. The average Bonchev–Trinajstić information content (AvgIpc) is 2.52. The van der Waals surface area contributed by atoms with E-state index in [2.05, 4.69) is 4.74 Å². The number of ether oxygens (including phenoxy) is 1. The average molecular weight is 212 g/mol. The first-order valence-corrected chi connectivity index (χ1v) is 4.63. The van der Waals surface area contributed by atoms with Crippen molar-refractivity contribution in [3.63, 3.8) is 0 Å². The minimum atomic E-state index is -0.478. The van der Waals surface area contributed by atoms with Crippen LogP contribution in [0.15, 0.2) is 6.07 Å². The molecule has 0 aliphatic carbocycles. The monoisotopic (exact) mass is 212 g/mol. The molecule has 3 N–H and O–H groups in total. The summed E-state index contributed by atoms with van der Waals surface area (Å²) in [5, 5.41) is 8.99. The zero-order valence-corrected chi connectivity index (χ0v) is 9.15. The highest BCUT2D eigenvalue weighted by atomic mass is 16.5.